The minimum absolute atomic E-state index is 0.141. The van der Waals surface area contributed by atoms with Crippen LogP contribution in [0.3, 0.4) is 0 Å². The summed E-state index contributed by atoms with van der Waals surface area (Å²) in [7, 11) is 0. The fourth-order valence-electron chi connectivity index (χ4n) is 4.03. The van der Waals surface area contributed by atoms with Gasteiger partial charge < -0.3 is 19.3 Å². The van der Waals surface area contributed by atoms with Gasteiger partial charge in [-0.1, -0.05) is 18.2 Å². The lowest BCUT2D eigenvalue weighted by atomic mass is 9.93. The summed E-state index contributed by atoms with van der Waals surface area (Å²) < 4.78 is 18.4. The zero-order valence-electron chi connectivity index (χ0n) is 17.7. The Morgan fingerprint density at radius 3 is 2.93 bits per heavy atom. The van der Waals surface area contributed by atoms with Crippen LogP contribution in [0.25, 0.3) is 11.3 Å². The van der Waals surface area contributed by atoms with E-state index in [2.05, 4.69) is 23.2 Å². The monoisotopic (exact) mass is 414 g/mol. The van der Waals surface area contributed by atoms with Crippen LogP contribution < -0.4 is 10.4 Å². The van der Waals surface area contributed by atoms with Gasteiger partial charge in [0.25, 0.3) is 0 Å². The van der Waals surface area contributed by atoms with Crippen molar-refractivity contribution in [1.82, 2.24) is 9.55 Å². The van der Waals surface area contributed by atoms with E-state index in [-0.39, 0.29) is 11.8 Å². The molecule has 1 aromatic heterocycles. The molecule has 1 atom stereocenters. The Hall–Kier alpha value is -2.22. The highest BCUT2D eigenvalue weighted by molar-refractivity contribution is 5.67. The van der Waals surface area contributed by atoms with Crippen LogP contribution >= 0.6 is 0 Å². The molecule has 0 bridgehead atoms. The van der Waals surface area contributed by atoms with Crippen molar-refractivity contribution in [1.29, 1.82) is 0 Å². The quantitative estimate of drug-likeness (QED) is 0.749. The van der Waals surface area contributed by atoms with Gasteiger partial charge in [-0.3, -0.25) is 4.57 Å². The number of aliphatic hydroxyl groups is 1. The summed E-state index contributed by atoms with van der Waals surface area (Å²) in [4.78, 5) is 16.6. The third-order valence-corrected chi connectivity index (χ3v) is 5.59. The zero-order chi connectivity index (χ0) is 21.1. The van der Waals surface area contributed by atoms with Crippen LogP contribution in [0.4, 0.5) is 0 Å². The molecule has 1 aromatic carbocycles. The van der Waals surface area contributed by atoms with Crippen LogP contribution in [0.1, 0.15) is 37.8 Å². The van der Waals surface area contributed by atoms with Crippen LogP contribution in [0.5, 0.6) is 5.88 Å². The summed E-state index contributed by atoms with van der Waals surface area (Å²) in [5, 5.41) is 9.91. The SMILES string of the molecule is CC(C)(O)CCCc1ccc2c(c1)CCn1c-2cc(OC[C@@H]2COCCO2)nc1=O. The Morgan fingerprint density at radius 1 is 1.30 bits per heavy atom. The molecule has 0 saturated carbocycles. The summed E-state index contributed by atoms with van der Waals surface area (Å²) in [6.07, 6.45) is 3.30. The number of nitrogens with zero attached hydrogens (tertiary/aromatic N) is 2. The molecule has 0 radical (unpaired) electrons. The first-order chi connectivity index (χ1) is 14.4. The minimum Gasteiger partial charge on any atom is -0.475 e. The third-order valence-electron chi connectivity index (χ3n) is 5.59. The van der Waals surface area contributed by atoms with Crippen LogP contribution in [-0.2, 0) is 28.9 Å². The third kappa shape index (κ3) is 5.09. The van der Waals surface area contributed by atoms with Gasteiger partial charge in [0.2, 0.25) is 5.88 Å². The second-order valence-electron chi connectivity index (χ2n) is 8.70. The van der Waals surface area contributed by atoms with E-state index in [9.17, 15) is 9.90 Å². The summed E-state index contributed by atoms with van der Waals surface area (Å²) in [6, 6.07) is 8.26. The highest BCUT2D eigenvalue weighted by atomic mass is 16.6. The number of hydrogen-bond acceptors (Lipinski definition) is 6. The first-order valence-corrected chi connectivity index (χ1v) is 10.7. The Bertz CT molecular complexity index is 942. The van der Waals surface area contributed by atoms with Crippen molar-refractivity contribution in [2.75, 3.05) is 26.4 Å². The minimum atomic E-state index is -0.632. The Labute approximate surface area is 176 Å². The number of ether oxygens (including phenoxy) is 3. The molecule has 0 spiro atoms. The maximum atomic E-state index is 12.5. The van der Waals surface area contributed by atoms with Gasteiger partial charge >= 0.3 is 5.69 Å². The molecule has 162 valence electrons. The van der Waals surface area contributed by atoms with Gasteiger partial charge in [0.1, 0.15) is 12.7 Å². The average Bonchev–Trinajstić information content (AvgIpc) is 2.72. The van der Waals surface area contributed by atoms with Gasteiger partial charge in [0.05, 0.1) is 31.1 Å². The zero-order valence-corrected chi connectivity index (χ0v) is 17.7. The molecule has 1 N–H and O–H groups in total. The Morgan fingerprint density at radius 2 is 2.17 bits per heavy atom. The van der Waals surface area contributed by atoms with E-state index in [4.69, 9.17) is 14.2 Å². The van der Waals surface area contributed by atoms with Crippen molar-refractivity contribution in [2.24, 2.45) is 0 Å². The average molecular weight is 415 g/mol. The van der Waals surface area contributed by atoms with Gasteiger partial charge in [-0.05, 0) is 50.7 Å². The molecule has 2 aliphatic heterocycles. The predicted octanol–water partition coefficient (Wildman–Crippen LogP) is 2.35. The molecule has 2 aliphatic rings. The fraction of sp³-hybridized carbons (Fsp3) is 0.565. The van der Waals surface area contributed by atoms with Gasteiger partial charge in [0, 0.05) is 18.2 Å². The van der Waals surface area contributed by atoms with E-state index in [1.54, 1.807) is 4.57 Å². The number of aryl methyl sites for hydroxylation is 2. The molecule has 3 heterocycles. The predicted molar refractivity (Wildman–Crippen MR) is 113 cm³/mol. The number of fused-ring (bicyclic) bond motifs is 3. The molecule has 4 rings (SSSR count). The van der Waals surface area contributed by atoms with Crippen LogP contribution in [-0.4, -0.2) is 52.8 Å². The molecule has 7 nitrogen and oxygen atoms in total. The van der Waals surface area contributed by atoms with Crippen molar-refractivity contribution in [3.63, 3.8) is 0 Å². The van der Waals surface area contributed by atoms with Crippen molar-refractivity contribution in [2.45, 2.75) is 57.8 Å². The molecule has 30 heavy (non-hydrogen) atoms. The largest absolute Gasteiger partial charge is 0.475 e. The Balaban J connectivity index is 1.50. The van der Waals surface area contributed by atoms with Crippen molar-refractivity contribution in [3.05, 3.63) is 45.9 Å². The molecule has 2 aromatic rings. The lowest BCUT2D eigenvalue weighted by molar-refractivity contribution is -0.102. The maximum Gasteiger partial charge on any atom is 0.351 e. The molecule has 1 fully saturated rings. The summed E-state index contributed by atoms with van der Waals surface area (Å²) in [5.41, 5.74) is 3.46. The van der Waals surface area contributed by atoms with Crippen molar-refractivity contribution >= 4 is 0 Å². The number of rotatable bonds is 7. The smallest absolute Gasteiger partial charge is 0.351 e. The van der Waals surface area contributed by atoms with E-state index < -0.39 is 5.60 Å². The van der Waals surface area contributed by atoms with E-state index in [1.807, 2.05) is 19.9 Å². The molecule has 7 heteroatoms. The summed E-state index contributed by atoms with van der Waals surface area (Å²) in [6.45, 7) is 6.25. The normalized spacial score (nSPS) is 18.6. The molecular weight excluding hydrogens is 384 g/mol. The lowest BCUT2D eigenvalue weighted by Gasteiger charge is -2.24. The van der Waals surface area contributed by atoms with E-state index in [0.717, 1.165) is 36.9 Å². The van der Waals surface area contributed by atoms with Gasteiger partial charge in [-0.15, -0.1) is 0 Å². The van der Waals surface area contributed by atoms with Gasteiger partial charge in [-0.25, -0.2) is 4.79 Å². The van der Waals surface area contributed by atoms with Crippen LogP contribution in [0, 0.1) is 0 Å². The molecular formula is C23H30N2O5. The number of aromatic nitrogens is 2. The molecule has 1 saturated heterocycles. The maximum absolute atomic E-state index is 12.5. The fourth-order valence-corrected chi connectivity index (χ4v) is 4.03. The lowest BCUT2D eigenvalue weighted by Crippen LogP contribution is -2.34. The summed E-state index contributed by atoms with van der Waals surface area (Å²) in [5.74, 6) is 0.322. The van der Waals surface area contributed by atoms with Gasteiger partial charge in [-0.2, -0.15) is 4.98 Å². The van der Waals surface area contributed by atoms with Gasteiger partial charge in [0.15, 0.2) is 0 Å². The molecule has 0 aliphatic carbocycles. The second-order valence-corrected chi connectivity index (χ2v) is 8.70. The first kappa shape index (κ1) is 21.0. The van der Waals surface area contributed by atoms with E-state index >= 15 is 0 Å². The molecule has 0 unspecified atom stereocenters. The standard InChI is InChI=1S/C23H30N2O5/c1-23(2,27)8-3-4-16-5-6-19-17(12-16)7-9-25-20(19)13-21(24-22(25)26)30-15-18-14-28-10-11-29-18/h5-6,12-13,18,27H,3-4,7-11,14-15H2,1-2H3/t18-/m0/s1. The topological polar surface area (TPSA) is 82.8 Å². The highest BCUT2D eigenvalue weighted by Crippen LogP contribution is 2.31. The van der Waals surface area contributed by atoms with Crippen molar-refractivity contribution in [3.8, 4) is 17.1 Å². The second kappa shape index (κ2) is 8.88. The Kier molecular flexibility index (Phi) is 6.22. The molecule has 0 amide bonds. The van der Waals surface area contributed by atoms with Crippen LogP contribution in [0.15, 0.2) is 29.1 Å². The van der Waals surface area contributed by atoms with Crippen LogP contribution in [0.2, 0.25) is 0 Å². The number of benzene rings is 1. The highest BCUT2D eigenvalue weighted by Gasteiger charge is 2.21. The van der Waals surface area contributed by atoms with Crippen molar-refractivity contribution < 1.29 is 19.3 Å². The first-order valence-electron chi connectivity index (χ1n) is 10.7. The number of hydrogen-bond donors (Lipinski definition) is 1. The summed E-state index contributed by atoms with van der Waals surface area (Å²) >= 11 is 0. The van der Waals surface area contributed by atoms with E-state index in [1.165, 1.54) is 11.1 Å². The van der Waals surface area contributed by atoms with E-state index in [0.29, 0.717) is 38.9 Å².